The Bertz CT molecular complexity index is 848. The van der Waals surface area contributed by atoms with Gasteiger partial charge in [0.25, 0.3) is 5.91 Å². The zero-order valence-electron chi connectivity index (χ0n) is 12.1. The Balaban J connectivity index is 1.57. The van der Waals surface area contributed by atoms with E-state index in [2.05, 4.69) is 14.6 Å². The fourth-order valence-corrected chi connectivity index (χ4v) is 3.30. The number of fused-ring (bicyclic) bond motifs is 1. The molecule has 0 N–H and O–H groups in total. The minimum Gasteiger partial charge on any atom is -0.440 e. The number of carbonyl (C=O) groups is 1. The molecule has 0 saturated carbocycles. The summed E-state index contributed by atoms with van der Waals surface area (Å²) in [4.78, 5) is 18.6. The minimum absolute atomic E-state index is 0.00903. The van der Waals surface area contributed by atoms with Crippen LogP contribution in [-0.4, -0.2) is 38.5 Å². The largest absolute Gasteiger partial charge is 0.440 e. The number of rotatable bonds is 2. The fraction of sp³-hybridized carbons (Fsp3) is 0.333. The number of hydrogen-bond donors (Lipinski definition) is 0. The number of likely N-dealkylation sites (tertiary alicyclic amines) is 1. The molecule has 1 unspecified atom stereocenters. The Hall–Kier alpha value is -2.35. The number of aromatic nitrogens is 3. The van der Waals surface area contributed by atoms with Crippen LogP contribution in [-0.2, 0) is 0 Å². The normalized spacial score (nSPS) is 18.5. The molecule has 1 fully saturated rings. The summed E-state index contributed by atoms with van der Waals surface area (Å²) in [6, 6.07) is 4.30. The number of hydrogen-bond acceptors (Lipinski definition) is 6. The van der Waals surface area contributed by atoms with Gasteiger partial charge in [-0.2, -0.15) is 0 Å². The Morgan fingerprint density at radius 3 is 3.17 bits per heavy atom. The molecule has 6 nitrogen and oxygen atoms in total. The van der Waals surface area contributed by atoms with E-state index in [1.165, 1.54) is 12.1 Å². The third kappa shape index (κ3) is 2.70. The van der Waals surface area contributed by atoms with Crippen molar-refractivity contribution in [2.75, 3.05) is 13.1 Å². The van der Waals surface area contributed by atoms with Crippen LogP contribution in [0.4, 0.5) is 4.39 Å². The van der Waals surface area contributed by atoms with Crippen molar-refractivity contribution in [2.24, 2.45) is 0 Å². The van der Waals surface area contributed by atoms with Crippen molar-refractivity contribution in [3.05, 3.63) is 41.0 Å². The summed E-state index contributed by atoms with van der Waals surface area (Å²) in [5, 5.41) is 5.48. The highest BCUT2D eigenvalue weighted by Gasteiger charge is 2.29. The van der Waals surface area contributed by atoms with Crippen molar-refractivity contribution >= 4 is 28.5 Å². The molecule has 8 heteroatoms. The maximum absolute atomic E-state index is 13.3. The second-order valence-corrected chi connectivity index (χ2v) is 6.15. The number of amides is 1. The van der Waals surface area contributed by atoms with Crippen molar-refractivity contribution in [3.8, 4) is 0 Å². The first-order valence-electron chi connectivity index (χ1n) is 7.33. The highest BCUT2D eigenvalue weighted by Crippen LogP contribution is 2.29. The standard InChI is InChI=1S/C15H13FN4O2S/c16-10-3-4-11-13(6-10)22-14(17-11)9-2-1-5-20(7-9)15(21)12-8-23-19-18-12/h3-4,6,8-9H,1-2,5,7H2. The van der Waals surface area contributed by atoms with E-state index in [1.807, 2.05) is 0 Å². The van der Waals surface area contributed by atoms with Gasteiger partial charge in [-0.3, -0.25) is 4.79 Å². The molecule has 1 aliphatic rings. The van der Waals surface area contributed by atoms with Crippen molar-refractivity contribution < 1.29 is 13.6 Å². The first-order valence-corrected chi connectivity index (χ1v) is 8.16. The van der Waals surface area contributed by atoms with Gasteiger partial charge in [0, 0.05) is 24.5 Å². The van der Waals surface area contributed by atoms with Crippen LogP contribution in [0.3, 0.4) is 0 Å². The first kappa shape index (κ1) is 14.3. The van der Waals surface area contributed by atoms with Gasteiger partial charge in [0.05, 0.1) is 5.92 Å². The molecule has 0 spiro atoms. The summed E-state index contributed by atoms with van der Waals surface area (Å²) in [5.74, 6) is 0.0940. The summed E-state index contributed by atoms with van der Waals surface area (Å²) in [7, 11) is 0. The maximum Gasteiger partial charge on any atom is 0.275 e. The van der Waals surface area contributed by atoms with Crippen LogP contribution in [0.25, 0.3) is 11.1 Å². The molecule has 1 atom stereocenters. The van der Waals surface area contributed by atoms with Crippen LogP contribution in [0, 0.1) is 5.82 Å². The number of piperidine rings is 1. The van der Waals surface area contributed by atoms with Crippen LogP contribution in [0.5, 0.6) is 0 Å². The lowest BCUT2D eigenvalue weighted by Crippen LogP contribution is -2.39. The van der Waals surface area contributed by atoms with Gasteiger partial charge in [0.1, 0.15) is 11.3 Å². The lowest BCUT2D eigenvalue weighted by atomic mass is 9.98. The van der Waals surface area contributed by atoms with E-state index in [0.717, 1.165) is 24.4 Å². The maximum atomic E-state index is 13.3. The third-order valence-corrected chi connectivity index (χ3v) is 4.51. The Morgan fingerprint density at radius 1 is 1.43 bits per heavy atom. The summed E-state index contributed by atoms with van der Waals surface area (Å²) < 4.78 is 22.7. The van der Waals surface area contributed by atoms with Crippen LogP contribution in [0.1, 0.15) is 35.1 Å². The molecule has 1 aliphatic heterocycles. The Labute approximate surface area is 135 Å². The van der Waals surface area contributed by atoms with Gasteiger partial charge in [-0.05, 0) is 36.5 Å². The lowest BCUT2D eigenvalue weighted by Gasteiger charge is -2.30. The van der Waals surface area contributed by atoms with Gasteiger partial charge < -0.3 is 9.32 Å². The minimum atomic E-state index is -0.350. The predicted octanol–water partition coefficient (Wildman–Crippen LogP) is 2.84. The summed E-state index contributed by atoms with van der Waals surface area (Å²) in [6.07, 6.45) is 1.75. The number of benzene rings is 1. The van der Waals surface area contributed by atoms with Crippen molar-refractivity contribution in [3.63, 3.8) is 0 Å². The van der Waals surface area contributed by atoms with E-state index >= 15 is 0 Å². The van der Waals surface area contributed by atoms with E-state index < -0.39 is 0 Å². The molecule has 0 aliphatic carbocycles. The molecule has 0 radical (unpaired) electrons. The molecule has 1 saturated heterocycles. The van der Waals surface area contributed by atoms with E-state index in [4.69, 9.17) is 4.42 Å². The van der Waals surface area contributed by atoms with Gasteiger partial charge in [-0.25, -0.2) is 9.37 Å². The third-order valence-electron chi connectivity index (χ3n) is 4.00. The summed E-state index contributed by atoms with van der Waals surface area (Å²) >= 11 is 1.16. The van der Waals surface area contributed by atoms with Crippen molar-refractivity contribution in [1.29, 1.82) is 0 Å². The van der Waals surface area contributed by atoms with E-state index in [9.17, 15) is 9.18 Å². The van der Waals surface area contributed by atoms with E-state index in [-0.39, 0.29) is 17.6 Å². The van der Waals surface area contributed by atoms with Gasteiger partial charge >= 0.3 is 0 Å². The Kier molecular flexibility index (Phi) is 3.53. The average molecular weight is 332 g/mol. The monoisotopic (exact) mass is 332 g/mol. The van der Waals surface area contributed by atoms with Gasteiger partial charge in [0.2, 0.25) is 0 Å². The van der Waals surface area contributed by atoms with Crippen molar-refractivity contribution in [1.82, 2.24) is 19.5 Å². The van der Waals surface area contributed by atoms with Crippen molar-refractivity contribution in [2.45, 2.75) is 18.8 Å². The molecular weight excluding hydrogens is 319 g/mol. The lowest BCUT2D eigenvalue weighted by molar-refractivity contribution is 0.0693. The zero-order chi connectivity index (χ0) is 15.8. The first-order chi connectivity index (χ1) is 11.2. The molecule has 23 heavy (non-hydrogen) atoms. The molecule has 3 heterocycles. The van der Waals surface area contributed by atoms with E-state index in [1.54, 1.807) is 16.3 Å². The zero-order valence-corrected chi connectivity index (χ0v) is 12.9. The van der Waals surface area contributed by atoms with Crippen LogP contribution < -0.4 is 0 Å². The average Bonchev–Trinajstić information content (AvgIpc) is 3.23. The molecule has 1 aromatic carbocycles. The SMILES string of the molecule is O=C(c1csnn1)N1CCCC(c2nc3ccc(F)cc3o2)C1. The number of halogens is 1. The highest BCUT2D eigenvalue weighted by molar-refractivity contribution is 7.03. The van der Waals surface area contributed by atoms with Crippen LogP contribution >= 0.6 is 11.5 Å². The second kappa shape index (κ2) is 5.69. The molecule has 2 aromatic heterocycles. The number of oxazole rings is 1. The van der Waals surface area contributed by atoms with E-state index in [0.29, 0.717) is 35.8 Å². The van der Waals surface area contributed by atoms with Gasteiger partial charge in [-0.15, -0.1) is 5.10 Å². The van der Waals surface area contributed by atoms with Crippen LogP contribution in [0.2, 0.25) is 0 Å². The highest BCUT2D eigenvalue weighted by atomic mass is 32.1. The molecule has 3 aromatic rings. The molecular formula is C15H13FN4O2S. The number of carbonyl (C=O) groups excluding carboxylic acids is 1. The molecule has 118 valence electrons. The fourth-order valence-electron chi connectivity index (χ4n) is 2.87. The van der Waals surface area contributed by atoms with Gasteiger partial charge in [-0.1, -0.05) is 4.49 Å². The molecule has 4 rings (SSSR count). The predicted molar refractivity (Wildman–Crippen MR) is 81.8 cm³/mol. The smallest absolute Gasteiger partial charge is 0.275 e. The Morgan fingerprint density at radius 2 is 2.35 bits per heavy atom. The van der Waals surface area contributed by atoms with Crippen LogP contribution in [0.15, 0.2) is 28.0 Å². The number of nitrogens with zero attached hydrogens (tertiary/aromatic N) is 4. The molecule has 0 bridgehead atoms. The topological polar surface area (TPSA) is 72.1 Å². The van der Waals surface area contributed by atoms with Gasteiger partial charge in [0.15, 0.2) is 17.2 Å². The second-order valence-electron chi connectivity index (χ2n) is 5.54. The quantitative estimate of drug-likeness (QED) is 0.721. The molecule has 1 amide bonds. The summed E-state index contributed by atoms with van der Waals surface area (Å²) in [6.45, 7) is 1.20. The summed E-state index contributed by atoms with van der Waals surface area (Å²) in [5.41, 5.74) is 1.44.